The molecule has 0 aliphatic rings. The average Bonchev–Trinajstić information content (AvgIpc) is 3.25. The zero-order valence-electron chi connectivity index (χ0n) is 14.6. The standard InChI is InChI=1S/C18H17F3N4OS/c1-11-7-12(2)25(24-11)15(14-5-6-27-10-14)9-23-17(26)13-3-4-16(22-8-13)18(19,20)21/h3-8,10,15H,9H2,1-2H3,(H,23,26)/t15-/m1/s1. The Labute approximate surface area is 157 Å². The lowest BCUT2D eigenvalue weighted by atomic mass is 10.1. The highest BCUT2D eigenvalue weighted by Gasteiger charge is 2.32. The summed E-state index contributed by atoms with van der Waals surface area (Å²) in [6, 6.07) is 5.61. The van der Waals surface area contributed by atoms with Crippen molar-refractivity contribution in [3.63, 3.8) is 0 Å². The van der Waals surface area contributed by atoms with Gasteiger partial charge in [-0.25, -0.2) is 0 Å². The summed E-state index contributed by atoms with van der Waals surface area (Å²) in [5.41, 5.74) is 1.86. The number of aryl methyl sites for hydroxylation is 2. The number of rotatable bonds is 5. The normalized spacial score (nSPS) is 12.8. The average molecular weight is 394 g/mol. The van der Waals surface area contributed by atoms with Crippen molar-refractivity contribution in [2.24, 2.45) is 0 Å². The molecule has 0 saturated heterocycles. The SMILES string of the molecule is Cc1cc(C)n([C@H](CNC(=O)c2ccc(C(F)(F)F)nc2)c2ccsc2)n1. The zero-order valence-corrected chi connectivity index (χ0v) is 15.4. The summed E-state index contributed by atoms with van der Waals surface area (Å²) in [6.45, 7) is 4.07. The molecule has 0 unspecified atom stereocenters. The molecule has 0 aromatic carbocycles. The topological polar surface area (TPSA) is 59.8 Å². The van der Waals surface area contributed by atoms with E-state index < -0.39 is 17.8 Å². The van der Waals surface area contributed by atoms with Gasteiger partial charge in [0, 0.05) is 18.4 Å². The molecule has 0 spiro atoms. The number of hydrogen-bond acceptors (Lipinski definition) is 4. The first-order valence-electron chi connectivity index (χ1n) is 8.12. The third-order valence-corrected chi connectivity index (χ3v) is 4.74. The molecule has 142 valence electrons. The van der Waals surface area contributed by atoms with Gasteiger partial charge in [0.05, 0.1) is 17.3 Å². The fraction of sp³-hybridized carbons (Fsp3) is 0.278. The quantitative estimate of drug-likeness (QED) is 0.712. The van der Waals surface area contributed by atoms with Crippen molar-refractivity contribution in [3.05, 3.63) is 69.4 Å². The van der Waals surface area contributed by atoms with Gasteiger partial charge < -0.3 is 5.32 Å². The Morgan fingerprint density at radius 2 is 2.07 bits per heavy atom. The van der Waals surface area contributed by atoms with E-state index in [9.17, 15) is 18.0 Å². The lowest BCUT2D eigenvalue weighted by molar-refractivity contribution is -0.141. The van der Waals surface area contributed by atoms with Gasteiger partial charge in [-0.1, -0.05) is 0 Å². The summed E-state index contributed by atoms with van der Waals surface area (Å²) in [5, 5.41) is 11.2. The van der Waals surface area contributed by atoms with Crippen LogP contribution in [-0.2, 0) is 6.18 Å². The Morgan fingerprint density at radius 3 is 2.59 bits per heavy atom. The zero-order chi connectivity index (χ0) is 19.6. The Kier molecular flexibility index (Phi) is 5.31. The number of thiophene rings is 1. The second-order valence-corrected chi connectivity index (χ2v) is 6.86. The van der Waals surface area contributed by atoms with Crippen LogP contribution >= 0.6 is 11.3 Å². The van der Waals surface area contributed by atoms with Gasteiger partial charge in [0.1, 0.15) is 5.69 Å². The first-order valence-corrected chi connectivity index (χ1v) is 9.06. The summed E-state index contributed by atoms with van der Waals surface area (Å²) >= 11 is 1.54. The third-order valence-electron chi connectivity index (χ3n) is 4.04. The van der Waals surface area contributed by atoms with Crippen LogP contribution in [0.15, 0.2) is 41.2 Å². The molecule has 3 rings (SSSR count). The van der Waals surface area contributed by atoms with E-state index in [-0.39, 0.29) is 18.2 Å². The first-order chi connectivity index (χ1) is 12.8. The van der Waals surface area contributed by atoms with Crippen molar-refractivity contribution in [2.45, 2.75) is 26.1 Å². The number of amides is 1. The van der Waals surface area contributed by atoms with Crippen molar-refractivity contribution < 1.29 is 18.0 Å². The van der Waals surface area contributed by atoms with Gasteiger partial charge in [-0.2, -0.15) is 29.6 Å². The van der Waals surface area contributed by atoms with Gasteiger partial charge in [0.15, 0.2) is 0 Å². The van der Waals surface area contributed by atoms with E-state index in [4.69, 9.17) is 0 Å². The second kappa shape index (κ2) is 7.51. The molecule has 3 aromatic rings. The van der Waals surface area contributed by atoms with E-state index >= 15 is 0 Å². The van der Waals surface area contributed by atoms with Crippen molar-refractivity contribution >= 4 is 17.2 Å². The molecule has 9 heteroatoms. The summed E-state index contributed by atoms with van der Waals surface area (Å²) in [4.78, 5) is 15.7. The van der Waals surface area contributed by atoms with Crippen LogP contribution in [0.4, 0.5) is 13.2 Å². The highest BCUT2D eigenvalue weighted by Crippen LogP contribution is 2.27. The number of halogens is 3. The molecule has 1 amide bonds. The molecule has 3 aromatic heterocycles. The number of nitrogens with zero attached hydrogens (tertiary/aromatic N) is 3. The van der Waals surface area contributed by atoms with E-state index in [1.807, 2.05) is 41.4 Å². The molecule has 0 saturated carbocycles. The Bertz CT molecular complexity index is 917. The molecule has 0 bridgehead atoms. The van der Waals surface area contributed by atoms with Crippen LogP contribution in [0.3, 0.4) is 0 Å². The predicted molar refractivity (Wildman–Crippen MR) is 95.7 cm³/mol. The third kappa shape index (κ3) is 4.36. The summed E-state index contributed by atoms with van der Waals surface area (Å²) < 4.78 is 39.6. The largest absolute Gasteiger partial charge is 0.433 e. The van der Waals surface area contributed by atoms with Crippen LogP contribution < -0.4 is 5.32 Å². The molecular formula is C18H17F3N4OS. The molecule has 5 nitrogen and oxygen atoms in total. The smallest absolute Gasteiger partial charge is 0.349 e. The Hall–Kier alpha value is -2.68. The molecule has 1 N–H and O–H groups in total. The minimum atomic E-state index is -4.53. The van der Waals surface area contributed by atoms with E-state index in [1.54, 1.807) is 0 Å². The number of carbonyl (C=O) groups is 1. The number of nitrogens with one attached hydrogen (secondary N) is 1. The number of hydrogen-bond donors (Lipinski definition) is 1. The van der Waals surface area contributed by atoms with Gasteiger partial charge in [-0.05, 0) is 54.4 Å². The Balaban J connectivity index is 1.76. The van der Waals surface area contributed by atoms with Crippen LogP contribution in [0.25, 0.3) is 0 Å². The fourth-order valence-electron chi connectivity index (χ4n) is 2.76. The minimum absolute atomic E-state index is 0.0698. The molecular weight excluding hydrogens is 377 g/mol. The van der Waals surface area contributed by atoms with Crippen molar-refractivity contribution in [2.75, 3.05) is 6.54 Å². The Morgan fingerprint density at radius 1 is 1.30 bits per heavy atom. The van der Waals surface area contributed by atoms with E-state index in [1.165, 1.54) is 11.3 Å². The monoisotopic (exact) mass is 394 g/mol. The van der Waals surface area contributed by atoms with Crippen molar-refractivity contribution in [1.29, 1.82) is 0 Å². The predicted octanol–water partition coefficient (Wildman–Crippen LogP) is 3.99. The molecule has 27 heavy (non-hydrogen) atoms. The van der Waals surface area contributed by atoms with Gasteiger partial charge in [0.25, 0.3) is 5.91 Å². The van der Waals surface area contributed by atoms with Crippen molar-refractivity contribution in [3.8, 4) is 0 Å². The summed E-state index contributed by atoms with van der Waals surface area (Å²) in [7, 11) is 0. The molecule has 0 aliphatic heterocycles. The van der Waals surface area contributed by atoms with Crippen molar-refractivity contribution in [1.82, 2.24) is 20.1 Å². The molecule has 0 aliphatic carbocycles. The molecule has 0 radical (unpaired) electrons. The maximum atomic E-state index is 12.6. The van der Waals surface area contributed by atoms with Crippen LogP contribution in [-0.4, -0.2) is 27.2 Å². The second-order valence-electron chi connectivity index (χ2n) is 6.08. The fourth-order valence-corrected chi connectivity index (χ4v) is 3.47. The summed E-state index contributed by atoms with van der Waals surface area (Å²) in [6.07, 6.45) is -3.60. The van der Waals surface area contributed by atoms with E-state index in [0.717, 1.165) is 35.3 Å². The maximum Gasteiger partial charge on any atom is 0.433 e. The minimum Gasteiger partial charge on any atom is -0.349 e. The highest BCUT2D eigenvalue weighted by molar-refractivity contribution is 7.07. The molecule has 0 fully saturated rings. The number of alkyl halides is 3. The van der Waals surface area contributed by atoms with Gasteiger partial charge in [-0.15, -0.1) is 0 Å². The van der Waals surface area contributed by atoms with Gasteiger partial charge in [-0.3, -0.25) is 14.5 Å². The van der Waals surface area contributed by atoms with Crippen LogP contribution in [0.5, 0.6) is 0 Å². The lowest BCUT2D eigenvalue weighted by Crippen LogP contribution is -2.32. The van der Waals surface area contributed by atoms with Gasteiger partial charge >= 0.3 is 6.18 Å². The molecule has 1 atom stereocenters. The summed E-state index contributed by atoms with van der Waals surface area (Å²) in [5.74, 6) is -0.488. The van der Waals surface area contributed by atoms with Crippen LogP contribution in [0.2, 0.25) is 0 Å². The van der Waals surface area contributed by atoms with Crippen LogP contribution in [0, 0.1) is 13.8 Å². The maximum absolute atomic E-state index is 12.6. The lowest BCUT2D eigenvalue weighted by Gasteiger charge is -2.19. The van der Waals surface area contributed by atoms with E-state index in [0.29, 0.717) is 0 Å². The van der Waals surface area contributed by atoms with E-state index in [2.05, 4.69) is 15.4 Å². The number of carbonyl (C=O) groups excluding carboxylic acids is 1. The first kappa shape index (κ1) is 19.1. The van der Waals surface area contributed by atoms with Gasteiger partial charge in [0.2, 0.25) is 0 Å². The van der Waals surface area contributed by atoms with Crippen LogP contribution in [0.1, 0.15) is 39.0 Å². The molecule has 3 heterocycles. The number of pyridine rings is 1. The highest BCUT2D eigenvalue weighted by atomic mass is 32.1. The number of aromatic nitrogens is 3.